The quantitative estimate of drug-likeness (QED) is 0.570. The Morgan fingerprint density at radius 3 is 2.90 bits per heavy atom. The van der Waals surface area contributed by atoms with Crippen molar-refractivity contribution in [1.82, 2.24) is 30.0 Å². The van der Waals surface area contributed by atoms with Crippen LogP contribution in [0.2, 0.25) is 0 Å². The first-order valence-electron chi connectivity index (χ1n) is 10.1. The molecule has 8 heteroatoms. The summed E-state index contributed by atoms with van der Waals surface area (Å²) in [4.78, 5) is 12.0. The molecule has 0 saturated heterocycles. The molecule has 0 aromatic carbocycles. The van der Waals surface area contributed by atoms with E-state index >= 15 is 0 Å². The van der Waals surface area contributed by atoms with Crippen LogP contribution in [0.4, 0.5) is 0 Å². The van der Waals surface area contributed by atoms with E-state index in [0.29, 0.717) is 31.8 Å². The van der Waals surface area contributed by atoms with Crippen molar-refractivity contribution >= 4 is 11.0 Å². The Morgan fingerprint density at radius 1 is 1.24 bits per heavy atom. The average Bonchev–Trinajstić information content (AvgIpc) is 3.49. The van der Waals surface area contributed by atoms with Crippen molar-refractivity contribution in [2.75, 3.05) is 6.54 Å². The number of H-pyrrole nitrogens is 1. The smallest absolute Gasteiger partial charge is 0.141 e. The number of hydrogen-bond acceptors (Lipinski definition) is 6. The van der Waals surface area contributed by atoms with Crippen LogP contribution in [0.5, 0.6) is 0 Å². The molecule has 1 aliphatic rings. The maximum atomic E-state index is 9.41. The van der Waals surface area contributed by atoms with Gasteiger partial charge < -0.3 is 10.3 Å². The van der Waals surface area contributed by atoms with Crippen LogP contribution in [0.3, 0.4) is 0 Å². The van der Waals surface area contributed by atoms with E-state index in [9.17, 15) is 5.26 Å². The SMILES string of the molecule is N#CCCNCc1nn(C(CC#N)C2CCCC2)cc1-c1ncnc2[nH]ccc12. The monoisotopic (exact) mass is 388 g/mol. The third kappa shape index (κ3) is 3.98. The summed E-state index contributed by atoms with van der Waals surface area (Å²) in [5.41, 5.74) is 3.45. The highest BCUT2D eigenvalue weighted by molar-refractivity contribution is 5.90. The maximum absolute atomic E-state index is 9.41. The fourth-order valence-corrected chi connectivity index (χ4v) is 4.28. The zero-order valence-corrected chi connectivity index (χ0v) is 16.3. The van der Waals surface area contributed by atoms with Crippen LogP contribution in [0, 0.1) is 28.6 Å². The molecule has 0 bridgehead atoms. The molecule has 0 amide bonds. The summed E-state index contributed by atoms with van der Waals surface area (Å²) in [6, 6.07) is 6.56. The summed E-state index contributed by atoms with van der Waals surface area (Å²) in [7, 11) is 0. The number of nitrogens with one attached hydrogen (secondary N) is 2. The number of rotatable bonds is 8. The molecule has 0 radical (unpaired) electrons. The zero-order chi connectivity index (χ0) is 20.1. The van der Waals surface area contributed by atoms with E-state index in [1.54, 1.807) is 6.33 Å². The second-order valence-corrected chi connectivity index (χ2v) is 7.49. The molecule has 1 fully saturated rings. The van der Waals surface area contributed by atoms with E-state index < -0.39 is 0 Å². The van der Waals surface area contributed by atoms with Gasteiger partial charge in [-0.2, -0.15) is 15.6 Å². The molecule has 4 rings (SSSR count). The molecule has 2 N–H and O–H groups in total. The topological polar surface area (TPSA) is 119 Å². The Morgan fingerprint density at radius 2 is 2.10 bits per heavy atom. The highest BCUT2D eigenvalue weighted by atomic mass is 15.3. The Bertz CT molecular complexity index is 1040. The van der Waals surface area contributed by atoms with Crippen LogP contribution >= 0.6 is 0 Å². The summed E-state index contributed by atoms with van der Waals surface area (Å²) < 4.78 is 1.98. The van der Waals surface area contributed by atoms with Crippen molar-refractivity contribution in [3.05, 3.63) is 30.5 Å². The maximum Gasteiger partial charge on any atom is 0.141 e. The number of aromatic amines is 1. The molecular formula is C21H24N8. The van der Waals surface area contributed by atoms with E-state index in [1.165, 1.54) is 12.8 Å². The van der Waals surface area contributed by atoms with Gasteiger partial charge in [0.15, 0.2) is 0 Å². The van der Waals surface area contributed by atoms with Crippen LogP contribution < -0.4 is 5.32 Å². The molecule has 8 nitrogen and oxygen atoms in total. The standard InChI is InChI=1S/C21H24N8/c22-8-3-10-24-12-18-17(20-16-7-11-25-21(16)27-14-26-20)13-29(28-18)19(6-9-23)15-4-1-2-5-15/h7,11,13-15,19,24H,1-6,10,12H2,(H,25,26,27). The normalized spacial score (nSPS) is 15.4. The van der Waals surface area contributed by atoms with Gasteiger partial charge in [-0.15, -0.1) is 0 Å². The van der Waals surface area contributed by atoms with Crippen molar-refractivity contribution in [2.24, 2.45) is 5.92 Å². The third-order valence-electron chi connectivity index (χ3n) is 5.71. The molecule has 0 spiro atoms. The lowest BCUT2D eigenvalue weighted by molar-refractivity contribution is 0.313. The Balaban J connectivity index is 1.73. The van der Waals surface area contributed by atoms with Gasteiger partial charge in [0.1, 0.15) is 12.0 Å². The van der Waals surface area contributed by atoms with Crippen molar-refractivity contribution in [3.63, 3.8) is 0 Å². The molecule has 1 atom stereocenters. The summed E-state index contributed by atoms with van der Waals surface area (Å²) >= 11 is 0. The Kier molecular flexibility index (Phi) is 5.83. The minimum atomic E-state index is 0.0812. The van der Waals surface area contributed by atoms with Crippen molar-refractivity contribution in [1.29, 1.82) is 10.5 Å². The fraction of sp³-hybridized carbons (Fsp3) is 0.476. The van der Waals surface area contributed by atoms with Gasteiger partial charge in [0.25, 0.3) is 0 Å². The number of aromatic nitrogens is 5. The lowest BCUT2D eigenvalue weighted by atomic mass is 9.96. The zero-order valence-electron chi connectivity index (χ0n) is 16.3. The lowest BCUT2D eigenvalue weighted by Gasteiger charge is -2.21. The van der Waals surface area contributed by atoms with Gasteiger partial charge in [0, 0.05) is 42.9 Å². The average molecular weight is 388 g/mol. The summed E-state index contributed by atoms with van der Waals surface area (Å²) in [5, 5.41) is 27.3. The van der Waals surface area contributed by atoms with Gasteiger partial charge in [-0.25, -0.2) is 9.97 Å². The minimum absolute atomic E-state index is 0.0812. The Hall–Kier alpha value is -3.23. The fourth-order valence-electron chi connectivity index (χ4n) is 4.28. The molecule has 3 heterocycles. The number of nitrogens with zero attached hydrogens (tertiary/aromatic N) is 6. The van der Waals surface area contributed by atoms with Gasteiger partial charge in [-0.05, 0) is 24.8 Å². The van der Waals surface area contributed by atoms with Crippen molar-refractivity contribution in [2.45, 2.75) is 51.1 Å². The minimum Gasteiger partial charge on any atom is -0.346 e. The van der Waals surface area contributed by atoms with E-state index in [-0.39, 0.29) is 6.04 Å². The van der Waals surface area contributed by atoms with Gasteiger partial charge >= 0.3 is 0 Å². The molecule has 1 aliphatic carbocycles. The van der Waals surface area contributed by atoms with Crippen LogP contribution in [-0.2, 0) is 6.54 Å². The van der Waals surface area contributed by atoms with Gasteiger partial charge in [-0.1, -0.05) is 12.8 Å². The van der Waals surface area contributed by atoms with Crippen LogP contribution in [0.25, 0.3) is 22.3 Å². The number of fused-ring (bicyclic) bond motifs is 1. The first-order chi connectivity index (χ1) is 14.3. The molecule has 0 aliphatic heterocycles. The highest BCUT2D eigenvalue weighted by Gasteiger charge is 2.28. The van der Waals surface area contributed by atoms with E-state index in [4.69, 9.17) is 10.4 Å². The molecule has 148 valence electrons. The molecule has 1 unspecified atom stereocenters. The highest BCUT2D eigenvalue weighted by Crippen LogP contribution is 2.37. The second kappa shape index (κ2) is 8.85. The summed E-state index contributed by atoms with van der Waals surface area (Å²) in [5.74, 6) is 0.486. The Labute approximate surface area is 169 Å². The predicted molar refractivity (Wildman–Crippen MR) is 108 cm³/mol. The largest absolute Gasteiger partial charge is 0.346 e. The molecule has 3 aromatic heterocycles. The van der Waals surface area contributed by atoms with E-state index in [0.717, 1.165) is 40.8 Å². The van der Waals surface area contributed by atoms with Crippen LogP contribution in [0.1, 0.15) is 50.3 Å². The van der Waals surface area contributed by atoms with E-state index in [1.807, 2.05) is 23.1 Å². The van der Waals surface area contributed by atoms with Crippen molar-refractivity contribution in [3.8, 4) is 23.4 Å². The lowest BCUT2D eigenvalue weighted by Crippen LogP contribution is -2.19. The van der Waals surface area contributed by atoms with Gasteiger partial charge in [0.05, 0.1) is 36.0 Å². The van der Waals surface area contributed by atoms with Gasteiger partial charge in [-0.3, -0.25) is 4.68 Å². The molecule has 3 aromatic rings. The number of nitriles is 2. The third-order valence-corrected chi connectivity index (χ3v) is 5.71. The predicted octanol–water partition coefficient (Wildman–Crippen LogP) is 3.47. The second-order valence-electron chi connectivity index (χ2n) is 7.49. The van der Waals surface area contributed by atoms with E-state index in [2.05, 4.69) is 32.4 Å². The molecule has 29 heavy (non-hydrogen) atoms. The first-order valence-corrected chi connectivity index (χ1v) is 10.1. The molecular weight excluding hydrogens is 364 g/mol. The summed E-state index contributed by atoms with van der Waals surface area (Å²) in [6.07, 6.45) is 11.1. The molecule has 1 saturated carbocycles. The summed E-state index contributed by atoms with van der Waals surface area (Å²) in [6.45, 7) is 1.15. The van der Waals surface area contributed by atoms with Crippen molar-refractivity contribution < 1.29 is 0 Å². The van der Waals surface area contributed by atoms with Crippen LogP contribution in [-0.4, -0.2) is 31.3 Å². The van der Waals surface area contributed by atoms with Gasteiger partial charge in [0.2, 0.25) is 0 Å². The number of hydrogen-bond donors (Lipinski definition) is 2. The van der Waals surface area contributed by atoms with Crippen LogP contribution in [0.15, 0.2) is 24.8 Å². The first kappa shape index (κ1) is 19.1.